The van der Waals surface area contributed by atoms with E-state index in [2.05, 4.69) is 41.0 Å². The number of amides is 1. The predicted molar refractivity (Wildman–Crippen MR) is 90.1 cm³/mol. The lowest BCUT2D eigenvalue weighted by molar-refractivity contribution is 0.0604. The molecular formula is C18H26N4O. The van der Waals surface area contributed by atoms with Crippen LogP contribution in [0.25, 0.3) is 0 Å². The van der Waals surface area contributed by atoms with E-state index in [1.54, 1.807) is 18.6 Å². The van der Waals surface area contributed by atoms with Gasteiger partial charge in [0.15, 0.2) is 0 Å². The van der Waals surface area contributed by atoms with Crippen molar-refractivity contribution in [2.24, 2.45) is 5.41 Å². The number of likely N-dealkylation sites (N-methyl/N-ethyl adjacent to an activating group) is 1. The first kappa shape index (κ1) is 16.1. The topological polar surface area (TPSA) is 49.3 Å². The number of carbonyl (C=O) groups is 1. The molecule has 124 valence electrons. The number of aromatic nitrogens is 2. The van der Waals surface area contributed by atoms with Gasteiger partial charge in [-0.2, -0.15) is 0 Å². The molecule has 1 aromatic heterocycles. The number of piperidine rings is 1. The Morgan fingerprint density at radius 2 is 2.13 bits per heavy atom. The van der Waals surface area contributed by atoms with Crippen LogP contribution in [-0.4, -0.2) is 58.4 Å². The fourth-order valence-electron chi connectivity index (χ4n) is 3.68. The van der Waals surface area contributed by atoms with Gasteiger partial charge in [-0.1, -0.05) is 19.1 Å². The standard InChI is InChI=1S/C18H26N4O/c1-3-21(2)15-4-6-18(7-5-15)8-12-22(13-9-18)17(23)16-14-19-10-11-20-16/h4,6,10-11,14-15H,3,5,7-9,12-13H2,1-2H3/t15-/m1/s1. The molecule has 1 aliphatic carbocycles. The highest BCUT2D eigenvalue weighted by Gasteiger charge is 2.36. The van der Waals surface area contributed by atoms with Gasteiger partial charge in [0.25, 0.3) is 5.91 Å². The maximum atomic E-state index is 12.4. The summed E-state index contributed by atoms with van der Waals surface area (Å²) in [5.41, 5.74) is 0.747. The zero-order valence-electron chi connectivity index (χ0n) is 14.1. The Balaban J connectivity index is 1.60. The van der Waals surface area contributed by atoms with Gasteiger partial charge in [-0.3, -0.25) is 9.78 Å². The molecule has 1 aromatic rings. The van der Waals surface area contributed by atoms with Gasteiger partial charge in [-0.15, -0.1) is 0 Å². The second-order valence-electron chi connectivity index (χ2n) is 6.78. The number of likely N-dealkylation sites (tertiary alicyclic amines) is 1. The van der Waals surface area contributed by atoms with Crippen molar-refractivity contribution in [1.82, 2.24) is 19.8 Å². The molecule has 1 aliphatic heterocycles. The van der Waals surface area contributed by atoms with Crippen molar-refractivity contribution in [3.05, 3.63) is 36.4 Å². The third kappa shape index (κ3) is 3.44. The van der Waals surface area contributed by atoms with Crippen LogP contribution in [0.1, 0.15) is 43.1 Å². The SMILES string of the molecule is CCN(C)[C@@H]1C=CC2(CC1)CCN(C(=O)c1cnccn1)CC2. The molecule has 5 nitrogen and oxygen atoms in total. The van der Waals surface area contributed by atoms with Gasteiger partial charge in [0.2, 0.25) is 0 Å². The van der Waals surface area contributed by atoms with Gasteiger partial charge in [-0.05, 0) is 44.7 Å². The monoisotopic (exact) mass is 314 g/mol. The summed E-state index contributed by atoms with van der Waals surface area (Å²) < 4.78 is 0. The average molecular weight is 314 g/mol. The van der Waals surface area contributed by atoms with E-state index in [0.717, 1.165) is 32.5 Å². The summed E-state index contributed by atoms with van der Waals surface area (Å²) in [6.45, 7) is 4.92. The smallest absolute Gasteiger partial charge is 0.274 e. The van der Waals surface area contributed by atoms with Crippen LogP contribution in [0.2, 0.25) is 0 Å². The van der Waals surface area contributed by atoms with Crippen LogP contribution < -0.4 is 0 Å². The minimum absolute atomic E-state index is 0.0105. The zero-order valence-corrected chi connectivity index (χ0v) is 14.1. The Morgan fingerprint density at radius 3 is 2.70 bits per heavy atom. The molecular weight excluding hydrogens is 288 g/mol. The van der Waals surface area contributed by atoms with E-state index in [1.165, 1.54) is 12.8 Å². The lowest BCUT2D eigenvalue weighted by Gasteiger charge is -2.43. The van der Waals surface area contributed by atoms with E-state index in [1.807, 2.05) is 4.90 Å². The number of hydrogen-bond acceptors (Lipinski definition) is 4. The molecule has 1 saturated heterocycles. The summed E-state index contributed by atoms with van der Waals surface area (Å²) in [4.78, 5) is 24.9. The second kappa shape index (κ2) is 6.79. The normalized spacial score (nSPS) is 23.4. The van der Waals surface area contributed by atoms with Crippen molar-refractivity contribution in [3.63, 3.8) is 0 Å². The summed E-state index contributed by atoms with van der Waals surface area (Å²) in [6, 6.07) is 0.574. The fourth-order valence-corrected chi connectivity index (χ4v) is 3.68. The van der Waals surface area contributed by atoms with Crippen LogP contribution in [-0.2, 0) is 0 Å². The fraction of sp³-hybridized carbons (Fsp3) is 0.611. The molecule has 3 rings (SSSR count). The summed E-state index contributed by atoms with van der Waals surface area (Å²) in [5.74, 6) is 0.0105. The summed E-state index contributed by atoms with van der Waals surface area (Å²) in [6.07, 6.45) is 14.1. The highest BCUT2D eigenvalue weighted by atomic mass is 16.2. The van der Waals surface area contributed by atoms with E-state index in [9.17, 15) is 4.79 Å². The zero-order chi connectivity index (χ0) is 16.3. The van der Waals surface area contributed by atoms with Crippen LogP contribution >= 0.6 is 0 Å². The van der Waals surface area contributed by atoms with Crippen LogP contribution in [0, 0.1) is 5.41 Å². The molecule has 1 atom stereocenters. The van der Waals surface area contributed by atoms with Gasteiger partial charge in [-0.25, -0.2) is 4.98 Å². The van der Waals surface area contributed by atoms with Crippen molar-refractivity contribution in [3.8, 4) is 0 Å². The highest BCUT2D eigenvalue weighted by Crippen LogP contribution is 2.41. The molecule has 23 heavy (non-hydrogen) atoms. The number of allylic oxidation sites excluding steroid dienone is 1. The minimum Gasteiger partial charge on any atom is -0.337 e. The lowest BCUT2D eigenvalue weighted by atomic mass is 9.71. The van der Waals surface area contributed by atoms with Crippen molar-refractivity contribution < 1.29 is 4.79 Å². The summed E-state index contributed by atoms with van der Waals surface area (Å²) in [5, 5.41) is 0. The van der Waals surface area contributed by atoms with Crippen molar-refractivity contribution in [2.75, 3.05) is 26.7 Å². The Kier molecular flexibility index (Phi) is 4.76. The molecule has 0 N–H and O–H groups in total. The Hall–Kier alpha value is -1.75. The maximum absolute atomic E-state index is 12.4. The molecule has 0 aromatic carbocycles. The van der Waals surface area contributed by atoms with E-state index in [4.69, 9.17) is 0 Å². The number of hydrogen-bond donors (Lipinski definition) is 0. The van der Waals surface area contributed by atoms with Crippen LogP contribution in [0.5, 0.6) is 0 Å². The van der Waals surface area contributed by atoms with E-state index in [0.29, 0.717) is 17.2 Å². The molecule has 0 unspecified atom stereocenters. The highest BCUT2D eigenvalue weighted by molar-refractivity contribution is 5.92. The van der Waals surface area contributed by atoms with Crippen molar-refractivity contribution in [1.29, 1.82) is 0 Å². The van der Waals surface area contributed by atoms with Gasteiger partial charge in [0.05, 0.1) is 6.20 Å². The van der Waals surface area contributed by atoms with Crippen LogP contribution in [0.4, 0.5) is 0 Å². The minimum atomic E-state index is 0.0105. The second-order valence-corrected chi connectivity index (χ2v) is 6.78. The average Bonchev–Trinajstić information content (AvgIpc) is 2.62. The molecule has 0 saturated carbocycles. The lowest BCUT2D eigenvalue weighted by Crippen LogP contribution is -2.45. The Bertz CT molecular complexity index is 564. The largest absolute Gasteiger partial charge is 0.337 e. The Labute approximate surface area is 138 Å². The first-order chi connectivity index (χ1) is 11.1. The molecule has 1 fully saturated rings. The number of carbonyl (C=O) groups excluding carboxylic acids is 1. The molecule has 2 heterocycles. The first-order valence-corrected chi connectivity index (χ1v) is 8.58. The van der Waals surface area contributed by atoms with E-state index >= 15 is 0 Å². The van der Waals surface area contributed by atoms with E-state index < -0.39 is 0 Å². The third-order valence-corrected chi connectivity index (χ3v) is 5.50. The molecule has 1 amide bonds. The molecule has 0 bridgehead atoms. The number of nitrogens with zero attached hydrogens (tertiary/aromatic N) is 4. The molecule has 1 spiro atoms. The quantitative estimate of drug-likeness (QED) is 0.804. The Morgan fingerprint density at radius 1 is 1.35 bits per heavy atom. The summed E-state index contributed by atoms with van der Waals surface area (Å²) >= 11 is 0. The molecule has 0 radical (unpaired) electrons. The van der Waals surface area contributed by atoms with Gasteiger partial charge < -0.3 is 9.80 Å². The molecule has 2 aliphatic rings. The van der Waals surface area contributed by atoms with Crippen LogP contribution in [0.3, 0.4) is 0 Å². The van der Waals surface area contributed by atoms with Crippen LogP contribution in [0.15, 0.2) is 30.7 Å². The van der Waals surface area contributed by atoms with Gasteiger partial charge >= 0.3 is 0 Å². The van der Waals surface area contributed by atoms with Crippen molar-refractivity contribution in [2.45, 2.75) is 38.6 Å². The van der Waals surface area contributed by atoms with Gasteiger partial charge in [0, 0.05) is 31.5 Å². The maximum Gasteiger partial charge on any atom is 0.274 e. The van der Waals surface area contributed by atoms with Gasteiger partial charge in [0.1, 0.15) is 5.69 Å². The number of rotatable bonds is 3. The van der Waals surface area contributed by atoms with Crippen molar-refractivity contribution >= 4 is 5.91 Å². The predicted octanol–water partition coefficient (Wildman–Crippen LogP) is 2.37. The van der Waals surface area contributed by atoms with E-state index in [-0.39, 0.29) is 5.91 Å². The first-order valence-electron chi connectivity index (χ1n) is 8.58. The molecule has 5 heteroatoms. The summed E-state index contributed by atoms with van der Waals surface area (Å²) in [7, 11) is 2.19. The third-order valence-electron chi connectivity index (χ3n) is 5.50.